The summed E-state index contributed by atoms with van der Waals surface area (Å²) < 4.78 is 91.6. The van der Waals surface area contributed by atoms with Gasteiger partial charge in [-0.25, -0.2) is 14.4 Å². The second-order valence-corrected chi connectivity index (χ2v) is 11.4. The Kier molecular flexibility index (Phi) is 12.5. The van der Waals surface area contributed by atoms with E-state index in [-0.39, 0.29) is 23.8 Å². The molecule has 0 aliphatic carbocycles. The number of ether oxygens (including phenoxy) is 2. The quantitative estimate of drug-likeness (QED) is 0.226. The normalized spacial score (nSPS) is 16.9. The Balaban J connectivity index is 0.000000637. The fraction of sp³-hybridized carbons (Fsp3) is 0.433. The molecule has 0 aromatic heterocycles. The Morgan fingerprint density at radius 3 is 1.89 bits per heavy atom. The van der Waals surface area contributed by atoms with E-state index in [0.29, 0.717) is 57.0 Å². The molecule has 2 aliphatic heterocycles. The number of nitrogens with zero attached hydrogens (tertiary/aromatic N) is 2. The third-order valence-electron chi connectivity index (χ3n) is 7.19. The average Bonchev–Trinajstić information content (AvgIpc) is 3.29. The van der Waals surface area contributed by atoms with Crippen molar-refractivity contribution in [2.24, 2.45) is 0 Å². The number of rotatable bonds is 10. The van der Waals surface area contributed by atoms with Crippen LogP contribution in [0.25, 0.3) is 0 Å². The lowest BCUT2D eigenvalue weighted by molar-refractivity contribution is -0.138. The second-order valence-electron chi connectivity index (χ2n) is 10.5. The molecule has 2 saturated heterocycles. The number of likely N-dealkylation sites (tertiary alicyclic amines) is 1. The number of benzene rings is 2. The predicted molar refractivity (Wildman–Crippen MR) is 155 cm³/mol. The van der Waals surface area contributed by atoms with Crippen LogP contribution in [-0.4, -0.2) is 88.6 Å². The van der Waals surface area contributed by atoms with Gasteiger partial charge in [0.1, 0.15) is 11.7 Å². The fourth-order valence-electron chi connectivity index (χ4n) is 4.98. The summed E-state index contributed by atoms with van der Waals surface area (Å²) in [5.41, 5.74) is -2.10. The maximum Gasteiger partial charge on any atom is 0.416 e. The van der Waals surface area contributed by atoms with Crippen molar-refractivity contribution in [3.05, 3.63) is 82.9 Å². The maximum absolute atomic E-state index is 13.3. The van der Waals surface area contributed by atoms with Crippen molar-refractivity contribution in [2.45, 2.75) is 36.9 Å². The van der Waals surface area contributed by atoms with Gasteiger partial charge in [-0.1, -0.05) is 24.3 Å². The summed E-state index contributed by atoms with van der Waals surface area (Å²) in [5.74, 6) is -1.95. The van der Waals surface area contributed by atoms with Crippen LogP contribution in [-0.2, 0) is 31.4 Å². The van der Waals surface area contributed by atoms with Gasteiger partial charge in [0.2, 0.25) is 0 Å². The van der Waals surface area contributed by atoms with Crippen LogP contribution in [0.3, 0.4) is 0 Å². The molecule has 46 heavy (non-hydrogen) atoms. The monoisotopic (exact) mass is 678 g/mol. The average molecular weight is 679 g/mol. The number of hydrogen-bond donors (Lipinski definition) is 2. The molecule has 2 fully saturated rings. The van der Waals surface area contributed by atoms with Crippen molar-refractivity contribution in [3.63, 3.8) is 0 Å². The van der Waals surface area contributed by atoms with Crippen LogP contribution in [0.2, 0.25) is 0 Å². The zero-order valence-electron chi connectivity index (χ0n) is 24.5. The van der Waals surface area contributed by atoms with Gasteiger partial charge in [0.15, 0.2) is 0 Å². The summed E-state index contributed by atoms with van der Waals surface area (Å²) >= 11 is 1.54. The molecule has 0 atom stereocenters. The third-order valence-corrected chi connectivity index (χ3v) is 7.76. The Hall–Kier alpha value is -3.76. The molecule has 0 unspecified atom stereocenters. The highest BCUT2D eigenvalue weighted by atomic mass is 32.2. The minimum atomic E-state index is -4.60. The molecule has 1 amide bonds. The van der Waals surface area contributed by atoms with Gasteiger partial charge in [0.05, 0.1) is 30.2 Å². The highest BCUT2D eigenvalue weighted by Gasteiger charge is 2.46. The molecule has 1 spiro atoms. The summed E-state index contributed by atoms with van der Waals surface area (Å²) in [6, 6.07) is 8.90. The zero-order chi connectivity index (χ0) is 34.1. The lowest BCUT2D eigenvalue weighted by atomic mass is 9.91. The first-order chi connectivity index (χ1) is 21.5. The SMILES string of the molecule is CSCN1CC2(CCN(CCOC(c3cccc(C(F)(F)F)c3)c3cccc(C(F)(F)F)c3)CC2)OC1=O.O=C(O)/C=C/C(=O)O. The fourth-order valence-corrected chi connectivity index (χ4v) is 5.48. The Labute approximate surface area is 264 Å². The summed E-state index contributed by atoms with van der Waals surface area (Å²) in [4.78, 5) is 35.0. The summed E-state index contributed by atoms with van der Waals surface area (Å²) in [5, 5.41) is 15.6. The Bertz CT molecular complexity index is 1320. The van der Waals surface area contributed by atoms with Gasteiger partial charge in [-0.3, -0.25) is 4.90 Å². The highest BCUT2D eigenvalue weighted by Crippen LogP contribution is 2.37. The minimum Gasteiger partial charge on any atom is -0.478 e. The number of carbonyl (C=O) groups excluding carboxylic acids is 1. The molecule has 16 heteroatoms. The van der Waals surface area contributed by atoms with Crippen molar-refractivity contribution in [1.29, 1.82) is 0 Å². The van der Waals surface area contributed by atoms with Crippen molar-refractivity contribution >= 4 is 29.8 Å². The number of alkyl halides is 6. The number of carboxylic acid groups (broad SMARTS) is 2. The minimum absolute atomic E-state index is 0.0859. The molecule has 2 aromatic carbocycles. The van der Waals surface area contributed by atoms with Gasteiger partial charge in [0.25, 0.3) is 0 Å². The van der Waals surface area contributed by atoms with Crippen LogP contribution in [0.4, 0.5) is 31.1 Å². The van der Waals surface area contributed by atoms with Crippen molar-refractivity contribution in [3.8, 4) is 0 Å². The second kappa shape index (κ2) is 15.7. The van der Waals surface area contributed by atoms with Crippen LogP contribution in [0.5, 0.6) is 0 Å². The van der Waals surface area contributed by atoms with E-state index in [1.165, 1.54) is 36.0 Å². The molecule has 2 N–H and O–H groups in total. The van der Waals surface area contributed by atoms with Crippen LogP contribution in [0.15, 0.2) is 60.7 Å². The predicted octanol–water partition coefficient (Wildman–Crippen LogP) is 6.15. The van der Waals surface area contributed by atoms with E-state index in [4.69, 9.17) is 19.7 Å². The molecule has 2 aliphatic rings. The van der Waals surface area contributed by atoms with Crippen molar-refractivity contribution < 1.29 is 60.4 Å². The largest absolute Gasteiger partial charge is 0.478 e. The van der Waals surface area contributed by atoms with Crippen LogP contribution < -0.4 is 0 Å². The molecule has 4 rings (SSSR count). The van der Waals surface area contributed by atoms with E-state index in [9.17, 15) is 40.7 Å². The van der Waals surface area contributed by atoms with E-state index in [2.05, 4.69) is 4.90 Å². The summed E-state index contributed by atoms with van der Waals surface area (Å²) in [6.07, 6.45) is -6.35. The smallest absolute Gasteiger partial charge is 0.416 e. The number of carbonyl (C=O) groups is 3. The zero-order valence-corrected chi connectivity index (χ0v) is 25.3. The van der Waals surface area contributed by atoms with E-state index in [0.717, 1.165) is 24.3 Å². The van der Waals surface area contributed by atoms with E-state index in [1.54, 1.807) is 4.90 Å². The Morgan fingerprint density at radius 1 is 0.957 bits per heavy atom. The number of amides is 1. The number of carboxylic acids is 2. The molecule has 2 heterocycles. The van der Waals surface area contributed by atoms with Gasteiger partial charge in [-0.2, -0.15) is 26.3 Å². The van der Waals surface area contributed by atoms with Gasteiger partial charge in [-0.05, 0) is 41.6 Å². The van der Waals surface area contributed by atoms with Gasteiger partial charge in [0, 0.05) is 44.6 Å². The maximum atomic E-state index is 13.3. The van der Waals surface area contributed by atoms with Crippen molar-refractivity contribution in [2.75, 3.05) is 44.9 Å². The molecular weight excluding hydrogens is 646 g/mol. The molecule has 0 bridgehead atoms. The summed E-state index contributed by atoms with van der Waals surface area (Å²) in [6.45, 7) is 2.29. The number of hydrogen-bond acceptors (Lipinski definition) is 7. The lowest BCUT2D eigenvalue weighted by Gasteiger charge is -2.37. The molecule has 9 nitrogen and oxygen atoms in total. The van der Waals surface area contributed by atoms with Crippen molar-refractivity contribution in [1.82, 2.24) is 9.80 Å². The van der Waals surface area contributed by atoms with E-state index < -0.39 is 47.1 Å². The standard InChI is InChI=1S/C26H28F6N2O3S.C4H4O4/c1-38-17-34-16-24(37-23(34)35)8-10-33(11-9-24)12-13-36-22(18-4-2-6-20(14-18)25(27,28)29)19-5-3-7-21(15-19)26(30,31)32;5-3(6)1-2-4(7)8/h2-7,14-15,22H,8-13,16-17H2,1H3;1-2H,(H,5,6)(H,7,8)/b;2-1+. The highest BCUT2D eigenvalue weighted by molar-refractivity contribution is 7.98. The number of aliphatic carboxylic acids is 2. The van der Waals surface area contributed by atoms with Crippen LogP contribution in [0.1, 0.15) is 41.2 Å². The molecule has 2 aromatic rings. The first-order valence-electron chi connectivity index (χ1n) is 13.8. The van der Waals surface area contributed by atoms with Gasteiger partial charge in [-0.15, -0.1) is 11.8 Å². The van der Waals surface area contributed by atoms with Crippen LogP contribution >= 0.6 is 11.8 Å². The first kappa shape index (κ1) is 36.7. The van der Waals surface area contributed by atoms with Gasteiger partial charge >= 0.3 is 30.4 Å². The summed E-state index contributed by atoms with van der Waals surface area (Å²) in [7, 11) is 0. The number of thioether (sulfide) groups is 1. The topological polar surface area (TPSA) is 117 Å². The number of halogens is 6. The van der Waals surface area contributed by atoms with Gasteiger partial charge < -0.3 is 24.6 Å². The Morgan fingerprint density at radius 2 is 1.46 bits per heavy atom. The third kappa shape index (κ3) is 10.7. The lowest BCUT2D eigenvalue weighted by Crippen LogP contribution is -2.47. The van der Waals surface area contributed by atoms with E-state index in [1.807, 2.05) is 6.26 Å². The molecule has 0 saturated carbocycles. The van der Waals surface area contributed by atoms with E-state index >= 15 is 0 Å². The number of piperidine rings is 1. The molecular formula is C30H32F6N2O7S. The first-order valence-corrected chi connectivity index (χ1v) is 15.2. The molecule has 0 radical (unpaired) electrons. The molecule has 252 valence electrons. The van der Waals surface area contributed by atoms with Crippen LogP contribution in [0, 0.1) is 0 Å².